The quantitative estimate of drug-likeness (QED) is 0.604. The third kappa shape index (κ3) is 7.36. The van der Waals surface area contributed by atoms with E-state index in [0.717, 1.165) is 23.9 Å². The summed E-state index contributed by atoms with van der Waals surface area (Å²) in [6, 6.07) is 15.5. The van der Waals surface area contributed by atoms with Crippen molar-refractivity contribution in [3.05, 3.63) is 65.2 Å². The average molecular weight is 486 g/mol. The largest absolute Gasteiger partial charge is 0.314 e. The van der Waals surface area contributed by atoms with Gasteiger partial charge in [0.1, 0.15) is 0 Å². The first kappa shape index (κ1) is 25.3. The number of nitrogens with one attached hydrogen (secondary N) is 1. The number of aryl methyl sites for hydroxylation is 1. The van der Waals surface area contributed by atoms with Crippen LogP contribution >= 0.6 is 0 Å². The van der Waals surface area contributed by atoms with Gasteiger partial charge in [0.15, 0.2) is 0 Å². The van der Waals surface area contributed by atoms with Crippen molar-refractivity contribution in [2.75, 3.05) is 45.8 Å². The van der Waals surface area contributed by atoms with Crippen molar-refractivity contribution in [3.8, 4) is 0 Å². The number of hydrogen-bond donors (Lipinski definition) is 2. The van der Waals surface area contributed by atoms with Gasteiger partial charge in [-0.3, -0.25) is 9.45 Å². The molecule has 0 radical (unpaired) electrons. The summed E-state index contributed by atoms with van der Waals surface area (Å²) in [5.74, 6) is 1.76. The minimum atomic E-state index is -4.02. The molecule has 3 aliphatic rings. The highest BCUT2D eigenvalue weighted by Gasteiger charge is 2.31. The van der Waals surface area contributed by atoms with E-state index in [1.807, 2.05) is 6.92 Å². The molecule has 2 N–H and O–H groups in total. The Bertz CT molecular complexity index is 990. The molecule has 0 atom stereocenters. The Balaban J connectivity index is 0.000000210. The Morgan fingerprint density at radius 3 is 2.09 bits per heavy atom. The van der Waals surface area contributed by atoms with E-state index in [-0.39, 0.29) is 4.90 Å². The van der Waals surface area contributed by atoms with Gasteiger partial charge in [-0.15, -0.1) is 0 Å². The Morgan fingerprint density at radius 2 is 1.50 bits per heavy atom. The minimum Gasteiger partial charge on any atom is -0.314 e. The molecule has 7 heteroatoms. The standard InChI is InChI=1S/C20H31N3.C7H8O3S/c1-2-10-22(9-1)15-17-3-5-19(6-4-17)20-13-18(14-20)16-23-11-7-21-8-12-23;1-6-2-4-7(5-3-6)11(8,9)10/h3-6,18,20-21H,1-2,7-16H2;2-5H,1H3,(H,8,9,10). The van der Waals surface area contributed by atoms with Gasteiger partial charge in [0, 0.05) is 39.3 Å². The second-order valence-electron chi connectivity index (χ2n) is 10.1. The van der Waals surface area contributed by atoms with Crippen LogP contribution in [0.3, 0.4) is 0 Å². The van der Waals surface area contributed by atoms with Gasteiger partial charge in [-0.25, -0.2) is 0 Å². The van der Waals surface area contributed by atoms with Crippen molar-refractivity contribution >= 4 is 10.1 Å². The molecule has 0 spiro atoms. The molecule has 186 valence electrons. The zero-order valence-corrected chi connectivity index (χ0v) is 21.1. The molecule has 1 saturated carbocycles. The van der Waals surface area contributed by atoms with E-state index >= 15 is 0 Å². The van der Waals surface area contributed by atoms with Crippen LogP contribution in [0.5, 0.6) is 0 Å². The van der Waals surface area contributed by atoms with Crippen LogP contribution in [0.15, 0.2) is 53.4 Å². The van der Waals surface area contributed by atoms with Gasteiger partial charge >= 0.3 is 0 Å². The minimum absolute atomic E-state index is 0.0666. The molecule has 2 aromatic carbocycles. The maximum atomic E-state index is 10.5. The van der Waals surface area contributed by atoms with Crippen LogP contribution < -0.4 is 5.32 Å². The normalized spacial score (nSPS) is 23.7. The molecule has 2 aliphatic heterocycles. The lowest BCUT2D eigenvalue weighted by Gasteiger charge is -2.40. The molecule has 0 unspecified atom stereocenters. The Kier molecular flexibility index (Phi) is 8.77. The zero-order chi connectivity index (χ0) is 24.0. The van der Waals surface area contributed by atoms with Crippen molar-refractivity contribution in [3.63, 3.8) is 0 Å². The number of piperazine rings is 1. The summed E-state index contributed by atoms with van der Waals surface area (Å²) in [5, 5.41) is 3.44. The second-order valence-corrected chi connectivity index (χ2v) is 11.5. The highest BCUT2D eigenvalue weighted by atomic mass is 32.2. The number of benzene rings is 2. The predicted octanol–water partition coefficient (Wildman–Crippen LogP) is 3.92. The first-order valence-electron chi connectivity index (χ1n) is 12.7. The van der Waals surface area contributed by atoms with Gasteiger partial charge in [0.05, 0.1) is 4.90 Å². The molecule has 34 heavy (non-hydrogen) atoms. The van der Waals surface area contributed by atoms with Crippen LogP contribution in [0.2, 0.25) is 0 Å². The number of hydrogen-bond acceptors (Lipinski definition) is 5. The van der Waals surface area contributed by atoms with Crippen LogP contribution in [0, 0.1) is 12.8 Å². The third-order valence-electron chi connectivity index (χ3n) is 7.34. The Labute approximate surface area is 205 Å². The first-order valence-corrected chi connectivity index (χ1v) is 14.1. The summed E-state index contributed by atoms with van der Waals surface area (Å²) in [7, 11) is -4.02. The number of likely N-dealkylation sites (tertiary alicyclic amines) is 1. The molecule has 1 aliphatic carbocycles. The van der Waals surface area contributed by atoms with E-state index < -0.39 is 10.1 Å². The summed E-state index contributed by atoms with van der Waals surface area (Å²) < 4.78 is 29.6. The third-order valence-corrected chi connectivity index (χ3v) is 8.20. The molecule has 6 nitrogen and oxygen atoms in total. The molecule has 2 aromatic rings. The van der Waals surface area contributed by atoms with E-state index in [4.69, 9.17) is 4.55 Å². The fraction of sp³-hybridized carbons (Fsp3) is 0.556. The monoisotopic (exact) mass is 485 g/mol. The van der Waals surface area contributed by atoms with Gasteiger partial charge in [-0.05, 0) is 80.8 Å². The highest BCUT2D eigenvalue weighted by Crippen LogP contribution is 2.42. The molecule has 0 amide bonds. The van der Waals surface area contributed by atoms with Crippen LogP contribution in [-0.2, 0) is 16.7 Å². The summed E-state index contributed by atoms with van der Waals surface area (Å²) in [6.45, 7) is 11.7. The van der Waals surface area contributed by atoms with Gasteiger partial charge in [0.2, 0.25) is 0 Å². The van der Waals surface area contributed by atoms with E-state index in [0.29, 0.717) is 0 Å². The predicted molar refractivity (Wildman–Crippen MR) is 137 cm³/mol. The molecular weight excluding hydrogens is 446 g/mol. The van der Waals surface area contributed by atoms with E-state index in [1.165, 1.54) is 89.2 Å². The Morgan fingerprint density at radius 1 is 0.882 bits per heavy atom. The molecule has 0 bridgehead atoms. The lowest BCUT2D eigenvalue weighted by atomic mass is 9.71. The lowest BCUT2D eigenvalue weighted by molar-refractivity contribution is 0.146. The molecule has 5 rings (SSSR count). The number of nitrogens with zero attached hydrogens (tertiary/aromatic N) is 2. The average Bonchev–Trinajstić information content (AvgIpc) is 3.31. The van der Waals surface area contributed by atoms with Crippen LogP contribution in [0.1, 0.15) is 48.3 Å². The molecular formula is C27H39N3O3S. The summed E-state index contributed by atoms with van der Waals surface area (Å²) in [4.78, 5) is 5.17. The van der Waals surface area contributed by atoms with Crippen molar-refractivity contribution in [2.24, 2.45) is 5.92 Å². The zero-order valence-electron chi connectivity index (χ0n) is 20.3. The maximum Gasteiger partial charge on any atom is 0.294 e. The summed E-state index contributed by atoms with van der Waals surface area (Å²) >= 11 is 0. The first-order chi connectivity index (χ1) is 16.4. The van der Waals surface area contributed by atoms with Crippen molar-refractivity contribution in [1.82, 2.24) is 15.1 Å². The van der Waals surface area contributed by atoms with E-state index in [2.05, 4.69) is 39.4 Å². The van der Waals surface area contributed by atoms with Crippen LogP contribution in [0.25, 0.3) is 0 Å². The van der Waals surface area contributed by atoms with Gasteiger partial charge in [-0.2, -0.15) is 8.42 Å². The van der Waals surface area contributed by atoms with E-state index in [9.17, 15) is 8.42 Å². The van der Waals surface area contributed by atoms with Crippen LogP contribution in [0.4, 0.5) is 0 Å². The summed E-state index contributed by atoms with van der Waals surface area (Å²) in [5.41, 5.74) is 4.02. The highest BCUT2D eigenvalue weighted by molar-refractivity contribution is 7.85. The fourth-order valence-corrected chi connectivity index (χ4v) is 5.70. The van der Waals surface area contributed by atoms with Crippen LogP contribution in [-0.4, -0.2) is 68.6 Å². The topological polar surface area (TPSA) is 72.9 Å². The fourth-order valence-electron chi connectivity index (χ4n) is 5.22. The molecule has 0 aromatic heterocycles. The molecule has 3 fully saturated rings. The second kappa shape index (κ2) is 11.8. The lowest BCUT2D eigenvalue weighted by Crippen LogP contribution is -2.46. The summed E-state index contributed by atoms with van der Waals surface area (Å²) in [6.07, 6.45) is 5.56. The van der Waals surface area contributed by atoms with Crippen molar-refractivity contribution in [1.29, 1.82) is 0 Å². The Hall–Kier alpha value is -1.77. The smallest absolute Gasteiger partial charge is 0.294 e. The SMILES string of the molecule is Cc1ccc(S(=O)(=O)O)cc1.c1cc(C2CC(CN3CCNCC3)C2)ccc1CN1CCCC1. The van der Waals surface area contributed by atoms with Gasteiger partial charge in [0.25, 0.3) is 10.1 Å². The van der Waals surface area contributed by atoms with E-state index in [1.54, 1.807) is 17.7 Å². The molecule has 2 heterocycles. The van der Waals surface area contributed by atoms with Gasteiger partial charge < -0.3 is 10.2 Å². The van der Waals surface area contributed by atoms with Gasteiger partial charge in [-0.1, -0.05) is 42.0 Å². The van der Waals surface area contributed by atoms with Crippen molar-refractivity contribution < 1.29 is 13.0 Å². The van der Waals surface area contributed by atoms with Crippen molar-refractivity contribution in [2.45, 2.75) is 50.0 Å². The maximum absolute atomic E-state index is 10.5. The number of rotatable bonds is 6. The molecule has 2 saturated heterocycles.